The molecule has 2 aromatic carbocycles. The highest BCUT2D eigenvalue weighted by Crippen LogP contribution is 2.60. The van der Waals surface area contributed by atoms with Gasteiger partial charge in [0.1, 0.15) is 23.1 Å². The lowest BCUT2D eigenvalue weighted by Gasteiger charge is -2.37. The molecule has 3 aliphatic heterocycles. The number of nitrogens with one attached hydrogen (secondary N) is 2. The lowest BCUT2D eigenvalue weighted by atomic mass is 9.70. The molecule has 0 aromatic heterocycles. The number of methoxy groups -OCH3 is 1. The molecule has 226 valence electrons. The summed E-state index contributed by atoms with van der Waals surface area (Å²) in [5.41, 5.74) is -0.140. The van der Waals surface area contributed by atoms with Gasteiger partial charge in [0.25, 0.3) is 0 Å². The van der Waals surface area contributed by atoms with E-state index in [0.717, 1.165) is 0 Å². The number of amides is 3. The van der Waals surface area contributed by atoms with E-state index in [0.29, 0.717) is 42.3 Å². The summed E-state index contributed by atoms with van der Waals surface area (Å²) >= 11 is 3.69. The van der Waals surface area contributed by atoms with Crippen molar-refractivity contribution in [2.24, 2.45) is 17.8 Å². The number of ether oxygens (including phenoxy) is 3. The minimum absolute atomic E-state index is 0.151. The number of aliphatic hydroxyl groups is 1. The van der Waals surface area contributed by atoms with Gasteiger partial charge in [-0.2, -0.15) is 0 Å². The number of carbonyl (C=O) groups excluding carboxylic acids is 3. The largest absolute Gasteiger partial charge is 0.497 e. The van der Waals surface area contributed by atoms with Crippen LogP contribution in [0.15, 0.2) is 48.5 Å². The highest BCUT2D eigenvalue weighted by Gasteiger charge is 2.77. The first kappa shape index (κ1) is 30.3. The minimum Gasteiger partial charge on any atom is -0.497 e. The van der Waals surface area contributed by atoms with Crippen LogP contribution in [0.4, 0.5) is 11.4 Å². The SMILES string of the molecule is CCOc1ccc(NC(=O)[C@H]2[C@H]3C(=O)N([C@@H](CO)CC(C)C)C(C(=O)Nc4ccc(OC)cc4)C34CC(Br)[C@@H]2O4)cc1. The van der Waals surface area contributed by atoms with Crippen LogP contribution in [0.1, 0.15) is 33.6 Å². The fourth-order valence-electron chi connectivity index (χ4n) is 6.79. The number of benzene rings is 2. The van der Waals surface area contributed by atoms with Gasteiger partial charge in [-0.1, -0.05) is 29.8 Å². The predicted octanol–water partition coefficient (Wildman–Crippen LogP) is 3.83. The lowest BCUT2D eigenvalue weighted by molar-refractivity contribution is -0.143. The molecule has 2 bridgehead atoms. The molecule has 3 N–H and O–H groups in total. The Bertz CT molecular complexity index is 1300. The summed E-state index contributed by atoms with van der Waals surface area (Å²) in [6.07, 6.45) is 0.261. The van der Waals surface area contributed by atoms with Gasteiger partial charge >= 0.3 is 0 Å². The predicted molar refractivity (Wildman–Crippen MR) is 161 cm³/mol. The average Bonchev–Trinajstić information content (AvgIpc) is 3.56. The maximum Gasteiger partial charge on any atom is 0.250 e. The monoisotopic (exact) mass is 643 g/mol. The van der Waals surface area contributed by atoms with E-state index >= 15 is 0 Å². The van der Waals surface area contributed by atoms with Gasteiger partial charge in [-0.05, 0) is 74.2 Å². The van der Waals surface area contributed by atoms with Crippen molar-refractivity contribution >= 4 is 45.0 Å². The molecule has 1 spiro atoms. The van der Waals surface area contributed by atoms with E-state index in [1.165, 1.54) is 4.90 Å². The zero-order chi connectivity index (χ0) is 30.2. The molecule has 3 aliphatic rings. The van der Waals surface area contributed by atoms with Crippen LogP contribution in [0.25, 0.3) is 0 Å². The van der Waals surface area contributed by atoms with Crippen molar-refractivity contribution in [1.29, 1.82) is 0 Å². The third-order valence-electron chi connectivity index (χ3n) is 8.42. The molecule has 3 unspecified atom stereocenters. The van der Waals surface area contributed by atoms with E-state index in [4.69, 9.17) is 14.2 Å². The molecule has 0 radical (unpaired) electrons. The van der Waals surface area contributed by atoms with Crippen molar-refractivity contribution in [1.82, 2.24) is 4.90 Å². The second kappa shape index (κ2) is 12.2. The van der Waals surface area contributed by atoms with Crippen LogP contribution in [0.3, 0.4) is 0 Å². The second-order valence-corrected chi connectivity index (χ2v) is 12.7. The van der Waals surface area contributed by atoms with E-state index in [-0.39, 0.29) is 29.2 Å². The van der Waals surface area contributed by atoms with Crippen molar-refractivity contribution in [3.8, 4) is 11.5 Å². The Morgan fingerprint density at radius 3 is 2.21 bits per heavy atom. The van der Waals surface area contributed by atoms with E-state index in [9.17, 15) is 19.5 Å². The molecule has 2 aromatic rings. The van der Waals surface area contributed by atoms with Crippen molar-refractivity contribution in [3.05, 3.63) is 48.5 Å². The summed E-state index contributed by atoms with van der Waals surface area (Å²) in [7, 11) is 1.56. The number of hydrogen-bond donors (Lipinski definition) is 3. The number of anilines is 2. The Balaban J connectivity index is 1.48. The van der Waals surface area contributed by atoms with Crippen molar-refractivity contribution in [3.63, 3.8) is 0 Å². The maximum absolute atomic E-state index is 14.3. The molecule has 5 rings (SSSR count). The average molecular weight is 645 g/mol. The number of alkyl halides is 1. The number of aliphatic hydroxyl groups excluding tert-OH is 1. The molecule has 3 amide bonds. The lowest BCUT2D eigenvalue weighted by Crippen LogP contribution is -2.56. The van der Waals surface area contributed by atoms with Crippen LogP contribution in [0.5, 0.6) is 11.5 Å². The molecule has 11 heteroatoms. The molecule has 3 fully saturated rings. The summed E-state index contributed by atoms with van der Waals surface area (Å²) in [6.45, 7) is 6.10. The Kier molecular flexibility index (Phi) is 8.82. The van der Waals surface area contributed by atoms with Gasteiger partial charge in [0.2, 0.25) is 17.7 Å². The van der Waals surface area contributed by atoms with E-state index in [1.54, 1.807) is 55.6 Å². The minimum atomic E-state index is -1.24. The number of carbonyl (C=O) groups is 3. The highest BCUT2D eigenvalue weighted by molar-refractivity contribution is 9.09. The van der Waals surface area contributed by atoms with Gasteiger partial charge in [0.05, 0.1) is 44.3 Å². The zero-order valence-electron chi connectivity index (χ0n) is 24.2. The third kappa shape index (κ3) is 5.38. The van der Waals surface area contributed by atoms with Crippen LogP contribution in [0.2, 0.25) is 0 Å². The third-order valence-corrected chi connectivity index (χ3v) is 9.26. The topological polar surface area (TPSA) is 126 Å². The zero-order valence-corrected chi connectivity index (χ0v) is 25.8. The summed E-state index contributed by atoms with van der Waals surface area (Å²) in [4.78, 5) is 43.5. The molecular formula is C31H38BrN3O7. The highest BCUT2D eigenvalue weighted by atomic mass is 79.9. The fraction of sp³-hybridized carbons (Fsp3) is 0.516. The fourth-order valence-corrected chi connectivity index (χ4v) is 7.73. The molecular weight excluding hydrogens is 606 g/mol. The van der Waals surface area contributed by atoms with E-state index in [2.05, 4.69) is 26.6 Å². The molecule has 42 heavy (non-hydrogen) atoms. The number of nitrogens with zero attached hydrogens (tertiary/aromatic N) is 1. The van der Waals surface area contributed by atoms with Crippen molar-refractivity contribution in [2.75, 3.05) is 31.0 Å². The van der Waals surface area contributed by atoms with E-state index in [1.807, 2.05) is 20.8 Å². The van der Waals surface area contributed by atoms with Gasteiger partial charge in [0, 0.05) is 16.2 Å². The molecule has 0 aliphatic carbocycles. The number of likely N-dealkylation sites (tertiary alicyclic amines) is 1. The standard InChI is InChI=1S/C31H38BrN3O7/c1-5-41-22-12-8-18(9-13-22)33-28(37)24-25-30(39)35(20(16-36)14-17(2)3)27(31(25)15-23(32)26(24)42-31)29(38)34-19-6-10-21(40-4)11-7-19/h6-13,17,20,23-27,36H,5,14-16H2,1-4H3,(H,33,37)(H,34,38)/t20-,23?,24+,25+,26+,27?,31?/m1/s1. The Morgan fingerprint density at radius 2 is 1.67 bits per heavy atom. The quantitative estimate of drug-likeness (QED) is 0.318. The van der Waals surface area contributed by atoms with Crippen LogP contribution in [0, 0.1) is 17.8 Å². The number of halogens is 1. The summed E-state index contributed by atoms with van der Waals surface area (Å²) in [5, 5.41) is 16.3. The first-order chi connectivity index (χ1) is 20.1. The number of fused-ring (bicyclic) bond motifs is 1. The molecule has 7 atom stereocenters. The molecule has 3 saturated heterocycles. The van der Waals surface area contributed by atoms with Crippen LogP contribution >= 0.6 is 15.9 Å². The second-order valence-electron chi connectivity index (χ2n) is 11.5. The van der Waals surface area contributed by atoms with Gasteiger partial charge in [-0.15, -0.1) is 0 Å². The van der Waals surface area contributed by atoms with Crippen LogP contribution in [-0.4, -0.2) is 76.7 Å². The van der Waals surface area contributed by atoms with Crippen molar-refractivity contribution in [2.45, 2.75) is 62.2 Å². The number of hydrogen-bond acceptors (Lipinski definition) is 7. The Morgan fingerprint density at radius 1 is 1.07 bits per heavy atom. The number of rotatable bonds is 11. The van der Waals surface area contributed by atoms with Gasteiger partial charge in [0.15, 0.2) is 0 Å². The van der Waals surface area contributed by atoms with Crippen molar-refractivity contribution < 1.29 is 33.7 Å². The smallest absolute Gasteiger partial charge is 0.250 e. The van der Waals surface area contributed by atoms with E-state index < -0.39 is 41.5 Å². The van der Waals surface area contributed by atoms with Crippen LogP contribution in [-0.2, 0) is 19.1 Å². The van der Waals surface area contributed by atoms with Gasteiger partial charge in [-0.25, -0.2) is 0 Å². The molecule has 0 saturated carbocycles. The van der Waals surface area contributed by atoms with Gasteiger partial charge in [-0.3, -0.25) is 14.4 Å². The van der Waals surface area contributed by atoms with Crippen LogP contribution < -0.4 is 20.1 Å². The summed E-state index contributed by atoms with van der Waals surface area (Å²) in [5.74, 6) is -1.36. The first-order valence-electron chi connectivity index (χ1n) is 14.4. The summed E-state index contributed by atoms with van der Waals surface area (Å²) < 4.78 is 17.3. The Labute approximate surface area is 254 Å². The Hall–Kier alpha value is -3.15. The first-order valence-corrected chi connectivity index (χ1v) is 15.3. The maximum atomic E-state index is 14.3. The molecule has 10 nitrogen and oxygen atoms in total. The normalized spacial score (nSPS) is 28.5. The summed E-state index contributed by atoms with van der Waals surface area (Å²) in [6, 6.07) is 12.3. The van der Waals surface area contributed by atoms with Gasteiger partial charge < -0.3 is 34.9 Å². The molecule has 3 heterocycles.